The molecule has 2 unspecified atom stereocenters. The van der Waals surface area contributed by atoms with Crippen molar-refractivity contribution in [1.82, 2.24) is 10.6 Å². The number of carbonyl (C=O) groups excluding carboxylic acids is 1. The van der Waals surface area contributed by atoms with Gasteiger partial charge in [-0.05, 0) is 38.1 Å². The van der Waals surface area contributed by atoms with Crippen LogP contribution in [-0.4, -0.2) is 18.5 Å². The van der Waals surface area contributed by atoms with Crippen molar-refractivity contribution in [2.24, 2.45) is 5.92 Å². The Morgan fingerprint density at radius 1 is 1.61 bits per heavy atom. The fraction of sp³-hybridized carbons (Fsp3) is 0.462. The molecule has 1 amide bonds. The summed E-state index contributed by atoms with van der Waals surface area (Å²) in [7, 11) is 0. The largest absolute Gasteiger partial charge is 0.352 e. The van der Waals surface area contributed by atoms with Crippen molar-refractivity contribution >= 4 is 21.8 Å². The zero-order valence-corrected chi connectivity index (χ0v) is 11.8. The molecular weight excluding hydrogens is 299 g/mol. The first-order valence-electron chi connectivity index (χ1n) is 6.03. The third-order valence-corrected chi connectivity index (χ3v) is 3.82. The van der Waals surface area contributed by atoms with E-state index in [4.69, 9.17) is 0 Å². The average Bonchev–Trinajstić information content (AvgIpc) is 2.76. The van der Waals surface area contributed by atoms with Crippen LogP contribution in [0.2, 0.25) is 0 Å². The maximum Gasteiger partial charge on any atom is 0.224 e. The number of rotatable bonds is 3. The first kappa shape index (κ1) is 13.5. The number of halogens is 2. The Bertz CT molecular complexity index is 453. The van der Waals surface area contributed by atoms with E-state index >= 15 is 0 Å². The summed E-state index contributed by atoms with van der Waals surface area (Å²) < 4.78 is 14.3. The summed E-state index contributed by atoms with van der Waals surface area (Å²) >= 11 is 3.29. The van der Waals surface area contributed by atoms with Crippen molar-refractivity contribution in [2.45, 2.75) is 25.9 Å². The van der Waals surface area contributed by atoms with Crippen LogP contribution in [0.5, 0.6) is 0 Å². The van der Waals surface area contributed by atoms with Gasteiger partial charge in [0, 0.05) is 22.6 Å². The molecule has 0 radical (unpaired) electrons. The van der Waals surface area contributed by atoms with E-state index in [1.54, 1.807) is 12.1 Å². The van der Waals surface area contributed by atoms with Crippen LogP contribution < -0.4 is 10.6 Å². The maximum atomic E-state index is 13.5. The maximum absolute atomic E-state index is 13.5. The summed E-state index contributed by atoms with van der Waals surface area (Å²) in [4.78, 5) is 11.9. The lowest BCUT2D eigenvalue weighted by Crippen LogP contribution is -2.36. The second-order valence-electron chi connectivity index (χ2n) is 4.59. The molecule has 0 bridgehead atoms. The van der Waals surface area contributed by atoms with Crippen molar-refractivity contribution in [3.8, 4) is 0 Å². The predicted molar refractivity (Wildman–Crippen MR) is 71.5 cm³/mol. The van der Waals surface area contributed by atoms with Crippen LogP contribution >= 0.6 is 15.9 Å². The van der Waals surface area contributed by atoms with Gasteiger partial charge in [-0.25, -0.2) is 4.39 Å². The summed E-state index contributed by atoms with van der Waals surface area (Å²) in [5.74, 6) is -0.316. The normalized spacial score (nSPS) is 23.1. The molecule has 0 aliphatic carbocycles. The summed E-state index contributed by atoms with van der Waals surface area (Å²) in [6, 6.07) is 4.92. The van der Waals surface area contributed by atoms with Crippen LogP contribution in [0.15, 0.2) is 22.7 Å². The average molecular weight is 315 g/mol. The first-order chi connectivity index (χ1) is 8.58. The zero-order valence-electron chi connectivity index (χ0n) is 10.2. The molecule has 1 aliphatic heterocycles. The summed E-state index contributed by atoms with van der Waals surface area (Å²) in [5.41, 5.74) is 0.497. The molecule has 0 spiro atoms. The van der Waals surface area contributed by atoms with Crippen LogP contribution in [0.25, 0.3) is 0 Å². The smallest absolute Gasteiger partial charge is 0.224 e. The Kier molecular flexibility index (Phi) is 4.35. The Labute approximate surface area is 114 Å². The van der Waals surface area contributed by atoms with Crippen molar-refractivity contribution < 1.29 is 9.18 Å². The SMILES string of the molecule is CC1NCCC1C(=O)NCc1cc(Br)ccc1F. The van der Waals surface area contributed by atoms with E-state index in [0.29, 0.717) is 5.56 Å². The molecule has 1 saturated heterocycles. The van der Waals surface area contributed by atoms with E-state index in [1.165, 1.54) is 6.07 Å². The van der Waals surface area contributed by atoms with Gasteiger partial charge in [-0.15, -0.1) is 0 Å². The molecule has 98 valence electrons. The Balaban J connectivity index is 1.95. The van der Waals surface area contributed by atoms with Crippen molar-refractivity contribution in [3.05, 3.63) is 34.1 Å². The lowest BCUT2D eigenvalue weighted by Gasteiger charge is -2.15. The quantitative estimate of drug-likeness (QED) is 0.898. The van der Waals surface area contributed by atoms with Gasteiger partial charge in [0.25, 0.3) is 0 Å². The van der Waals surface area contributed by atoms with Gasteiger partial charge >= 0.3 is 0 Å². The highest BCUT2D eigenvalue weighted by Crippen LogP contribution is 2.17. The third-order valence-electron chi connectivity index (χ3n) is 3.32. The van der Waals surface area contributed by atoms with Gasteiger partial charge in [-0.3, -0.25) is 4.79 Å². The summed E-state index contributed by atoms with van der Waals surface area (Å²) in [6.45, 7) is 3.09. The van der Waals surface area contributed by atoms with Crippen LogP contribution in [0, 0.1) is 11.7 Å². The minimum atomic E-state index is -0.295. The summed E-state index contributed by atoms with van der Waals surface area (Å²) in [6.07, 6.45) is 0.841. The van der Waals surface area contributed by atoms with Gasteiger partial charge in [0.1, 0.15) is 5.82 Å². The molecule has 1 aromatic rings. The standard InChI is InChI=1S/C13H16BrFN2O/c1-8-11(4-5-16-8)13(18)17-7-9-6-10(14)2-3-12(9)15/h2-3,6,8,11,16H,4-5,7H2,1H3,(H,17,18). The number of carbonyl (C=O) groups is 1. The van der Waals surface area contributed by atoms with Crippen molar-refractivity contribution in [2.75, 3.05) is 6.54 Å². The minimum Gasteiger partial charge on any atom is -0.352 e. The molecule has 1 heterocycles. The highest BCUT2D eigenvalue weighted by Gasteiger charge is 2.29. The number of amides is 1. The van der Waals surface area contributed by atoms with Gasteiger partial charge in [-0.1, -0.05) is 15.9 Å². The second kappa shape index (κ2) is 5.80. The van der Waals surface area contributed by atoms with Crippen LogP contribution in [0.3, 0.4) is 0 Å². The van der Waals surface area contributed by atoms with Gasteiger partial charge in [0.05, 0.1) is 5.92 Å². The Morgan fingerprint density at radius 3 is 3.06 bits per heavy atom. The molecule has 0 saturated carbocycles. The van der Waals surface area contributed by atoms with E-state index in [0.717, 1.165) is 17.4 Å². The Morgan fingerprint density at radius 2 is 2.39 bits per heavy atom. The lowest BCUT2D eigenvalue weighted by molar-refractivity contribution is -0.125. The number of hydrogen-bond donors (Lipinski definition) is 2. The van der Waals surface area contributed by atoms with Crippen molar-refractivity contribution in [3.63, 3.8) is 0 Å². The number of benzene rings is 1. The van der Waals surface area contributed by atoms with Gasteiger partial charge in [0.2, 0.25) is 5.91 Å². The molecule has 1 aliphatic rings. The number of nitrogens with one attached hydrogen (secondary N) is 2. The highest BCUT2D eigenvalue weighted by atomic mass is 79.9. The lowest BCUT2D eigenvalue weighted by atomic mass is 10.0. The summed E-state index contributed by atoms with van der Waals surface area (Å²) in [5, 5.41) is 6.03. The molecular formula is C13H16BrFN2O. The molecule has 18 heavy (non-hydrogen) atoms. The van der Waals surface area contributed by atoms with Gasteiger partial charge < -0.3 is 10.6 Å². The fourth-order valence-electron chi connectivity index (χ4n) is 2.21. The fourth-order valence-corrected chi connectivity index (χ4v) is 2.62. The molecule has 3 nitrogen and oxygen atoms in total. The third kappa shape index (κ3) is 3.09. The zero-order chi connectivity index (χ0) is 13.1. The van der Waals surface area contributed by atoms with Crippen molar-refractivity contribution in [1.29, 1.82) is 0 Å². The topological polar surface area (TPSA) is 41.1 Å². The van der Waals surface area contributed by atoms with Crippen LogP contribution in [0.4, 0.5) is 4.39 Å². The van der Waals surface area contributed by atoms with Gasteiger partial charge in [0.15, 0.2) is 0 Å². The molecule has 2 rings (SSSR count). The minimum absolute atomic E-state index is 0.00752. The van der Waals surface area contributed by atoms with Gasteiger partial charge in [-0.2, -0.15) is 0 Å². The van der Waals surface area contributed by atoms with E-state index < -0.39 is 0 Å². The molecule has 2 atom stereocenters. The van der Waals surface area contributed by atoms with E-state index in [1.807, 2.05) is 6.92 Å². The second-order valence-corrected chi connectivity index (χ2v) is 5.51. The molecule has 1 aromatic carbocycles. The molecule has 1 fully saturated rings. The highest BCUT2D eigenvalue weighted by molar-refractivity contribution is 9.10. The first-order valence-corrected chi connectivity index (χ1v) is 6.82. The van der Waals surface area contributed by atoms with Crippen LogP contribution in [0.1, 0.15) is 18.9 Å². The Hall–Kier alpha value is -0.940. The number of hydrogen-bond acceptors (Lipinski definition) is 2. The molecule has 0 aromatic heterocycles. The predicted octanol–water partition coefficient (Wildman–Crippen LogP) is 2.20. The van der Waals surface area contributed by atoms with E-state index in [9.17, 15) is 9.18 Å². The molecule has 2 N–H and O–H groups in total. The monoisotopic (exact) mass is 314 g/mol. The van der Waals surface area contributed by atoms with E-state index in [-0.39, 0.29) is 30.2 Å². The molecule has 5 heteroatoms. The van der Waals surface area contributed by atoms with E-state index in [2.05, 4.69) is 26.6 Å². The van der Waals surface area contributed by atoms with Crippen LogP contribution in [-0.2, 0) is 11.3 Å².